The molecule has 1 atom stereocenters. The Kier molecular flexibility index (Phi) is 5.56. The minimum absolute atomic E-state index is 0.127. The molecule has 0 bridgehead atoms. The van der Waals surface area contributed by atoms with Crippen LogP contribution in [0.3, 0.4) is 0 Å². The van der Waals surface area contributed by atoms with E-state index in [1.165, 1.54) is 6.42 Å². The standard InChI is InChI=1S/C10H19NO3/c1-11-6-5-10(12)14-8-9-4-2-3-7-13-9/h9,11H,2-8H2,1H3. The van der Waals surface area contributed by atoms with E-state index in [0.29, 0.717) is 19.6 Å². The van der Waals surface area contributed by atoms with Gasteiger partial charge in [0.1, 0.15) is 6.61 Å². The maximum atomic E-state index is 11.1. The Labute approximate surface area is 85.0 Å². The summed E-state index contributed by atoms with van der Waals surface area (Å²) in [5.41, 5.74) is 0. The fourth-order valence-corrected chi connectivity index (χ4v) is 1.42. The van der Waals surface area contributed by atoms with E-state index in [-0.39, 0.29) is 12.1 Å². The molecule has 0 spiro atoms. The zero-order chi connectivity index (χ0) is 10.2. The summed E-state index contributed by atoms with van der Waals surface area (Å²) in [6.45, 7) is 1.89. The lowest BCUT2D eigenvalue weighted by molar-refractivity contribution is -0.149. The van der Waals surface area contributed by atoms with Crippen molar-refractivity contribution >= 4 is 5.97 Å². The molecule has 0 saturated carbocycles. The van der Waals surface area contributed by atoms with E-state index in [1.807, 2.05) is 7.05 Å². The molecule has 1 aliphatic heterocycles. The highest BCUT2D eigenvalue weighted by atomic mass is 16.6. The highest BCUT2D eigenvalue weighted by Crippen LogP contribution is 2.12. The van der Waals surface area contributed by atoms with Gasteiger partial charge >= 0.3 is 5.97 Å². The van der Waals surface area contributed by atoms with Crippen molar-refractivity contribution < 1.29 is 14.3 Å². The molecule has 0 aliphatic carbocycles. The molecular formula is C10H19NO3. The average molecular weight is 201 g/mol. The van der Waals surface area contributed by atoms with Crippen molar-refractivity contribution in [2.45, 2.75) is 31.8 Å². The number of rotatable bonds is 5. The fourth-order valence-electron chi connectivity index (χ4n) is 1.42. The van der Waals surface area contributed by atoms with E-state index in [4.69, 9.17) is 9.47 Å². The van der Waals surface area contributed by atoms with Crippen LogP contribution in [0.2, 0.25) is 0 Å². The van der Waals surface area contributed by atoms with Gasteiger partial charge in [0.05, 0.1) is 12.5 Å². The highest BCUT2D eigenvalue weighted by molar-refractivity contribution is 5.69. The van der Waals surface area contributed by atoms with Crippen molar-refractivity contribution in [1.29, 1.82) is 0 Å². The van der Waals surface area contributed by atoms with Crippen molar-refractivity contribution in [2.24, 2.45) is 0 Å². The lowest BCUT2D eigenvalue weighted by Gasteiger charge is -2.21. The van der Waals surface area contributed by atoms with Crippen LogP contribution in [0.4, 0.5) is 0 Å². The van der Waals surface area contributed by atoms with Gasteiger partial charge in [-0.2, -0.15) is 0 Å². The van der Waals surface area contributed by atoms with Gasteiger partial charge in [0, 0.05) is 13.2 Å². The summed E-state index contributed by atoms with van der Waals surface area (Å²) in [6.07, 6.45) is 3.88. The summed E-state index contributed by atoms with van der Waals surface area (Å²) in [4.78, 5) is 11.1. The van der Waals surface area contributed by atoms with E-state index >= 15 is 0 Å². The molecule has 4 heteroatoms. The quantitative estimate of drug-likeness (QED) is 0.665. The molecule has 1 heterocycles. The topological polar surface area (TPSA) is 47.6 Å². The molecule has 1 saturated heterocycles. The molecule has 0 aromatic heterocycles. The van der Waals surface area contributed by atoms with Gasteiger partial charge in [0.25, 0.3) is 0 Å². The largest absolute Gasteiger partial charge is 0.463 e. The number of esters is 1. The molecule has 0 aromatic carbocycles. The Hall–Kier alpha value is -0.610. The summed E-state index contributed by atoms with van der Waals surface area (Å²) in [6, 6.07) is 0. The van der Waals surface area contributed by atoms with Crippen molar-refractivity contribution in [2.75, 3.05) is 26.8 Å². The summed E-state index contributed by atoms with van der Waals surface area (Å²) in [5, 5.41) is 2.90. The zero-order valence-electron chi connectivity index (χ0n) is 8.75. The van der Waals surface area contributed by atoms with Crippen molar-refractivity contribution in [3.8, 4) is 0 Å². The lowest BCUT2D eigenvalue weighted by Crippen LogP contribution is -2.26. The van der Waals surface area contributed by atoms with Gasteiger partial charge in [-0.3, -0.25) is 4.79 Å². The van der Waals surface area contributed by atoms with E-state index < -0.39 is 0 Å². The second-order valence-electron chi connectivity index (χ2n) is 3.53. The summed E-state index contributed by atoms with van der Waals surface area (Å²) in [7, 11) is 1.82. The second kappa shape index (κ2) is 6.79. The monoisotopic (exact) mass is 201 g/mol. The van der Waals surface area contributed by atoms with Crippen molar-refractivity contribution in [3.63, 3.8) is 0 Å². The zero-order valence-corrected chi connectivity index (χ0v) is 8.75. The van der Waals surface area contributed by atoms with Crippen LogP contribution in [-0.2, 0) is 14.3 Å². The smallest absolute Gasteiger partial charge is 0.307 e. The number of carbonyl (C=O) groups excluding carboxylic acids is 1. The van der Waals surface area contributed by atoms with E-state index in [9.17, 15) is 4.79 Å². The minimum atomic E-state index is -0.145. The normalized spacial score (nSPS) is 21.9. The first-order valence-corrected chi connectivity index (χ1v) is 5.24. The second-order valence-corrected chi connectivity index (χ2v) is 3.53. The van der Waals surface area contributed by atoms with Crippen molar-refractivity contribution in [1.82, 2.24) is 5.32 Å². The molecule has 0 aromatic rings. The molecule has 14 heavy (non-hydrogen) atoms. The molecule has 4 nitrogen and oxygen atoms in total. The lowest BCUT2D eigenvalue weighted by atomic mass is 10.1. The van der Waals surface area contributed by atoms with Crippen molar-refractivity contribution in [3.05, 3.63) is 0 Å². The third-order valence-corrected chi connectivity index (χ3v) is 2.28. The molecule has 1 unspecified atom stereocenters. The first-order valence-electron chi connectivity index (χ1n) is 5.24. The Balaban J connectivity index is 2.03. The molecule has 82 valence electrons. The van der Waals surface area contributed by atoms with Gasteiger partial charge in [-0.05, 0) is 26.3 Å². The Morgan fingerprint density at radius 1 is 1.57 bits per heavy atom. The van der Waals surface area contributed by atoms with Gasteiger partial charge in [-0.25, -0.2) is 0 Å². The third-order valence-electron chi connectivity index (χ3n) is 2.28. The number of hydrogen-bond donors (Lipinski definition) is 1. The Morgan fingerprint density at radius 2 is 2.43 bits per heavy atom. The fraction of sp³-hybridized carbons (Fsp3) is 0.900. The maximum Gasteiger partial charge on any atom is 0.307 e. The summed E-state index contributed by atoms with van der Waals surface area (Å²) >= 11 is 0. The Morgan fingerprint density at radius 3 is 3.07 bits per heavy atom. The number of hydrogen-bond acceptors (Lipinski definition) is 4. The molecule has 0 radical (unpaired) electrons. The molecule has 0 amide bonds. The van der Waals surface area contributed by atoms with Gasteiger partial charge < -0.3 is 14.8 Å². The number of carbonyl (C=O) groups is 1. The van der Waals surface area contributed by atoms with Crippen LogP contribution in [0.1, 0.15) is 25.7 Å². The predicted molar refractivity (Wildman–Crippen MR) is 53.1 cm³/mol. The molecule has 1 rings (SSSR count). The SMILES string of the molecule is CNCCC(=O)OCC1CCCCO1. The van der Waals surface area contributed by atoms with Gasteiger partial charge in [0.2, 0.25) is 0 Å². The van der Waals surface area contributed by atoms with Crippen LogP contribution < -0.4 is 5.32 Å². The predicted octanol–water partition coefficient (Wildman–Crippen LogP) is 0.708. The van der Waals surface area contributed by atoms with E-state index in [1.54, 1.807) is 0 Å². The van der Waals surface area contributed by atoms with Crippen LogP contribution in [0.15, 0.2) is 0 Å². The first-order chi connectivity index (χ1) is 6.83. The van der Waals surface area contributed by atoms with E-state index in [2.05, 4.69) is 5.32 Å². The van der Waals surface area contributed by atoms with Gasteiger partial charge in [0.15, 0.2) is 0 Å². The van der Waals surface area contributed by atoms with Crippen LogP contribution >= 0.6 is 0 Å². The Bertz CT molecular complexity index is 167. The molecule has 1 fully saturated rings. The van der Waals surface area contributed by atoms with Crippen LogP contribution in [0.5, 0.6) is 0 Å². The van der Waals surface area contributed by atoms with Gasteiger partial charge in [-0.1, -0.05) is 0 Å². The first kappa shape index (κ1) is 11.5. The number of ether oxygens (including phenoxy) is 2. The highest BCUT2D eigenvalue weighted by Gasteiger charge is 2.15. The van der Waals surface area contributed by atoms with Crippen LogP contribution in [0, 0.1) is 0 Å². The molecule has 1 N–H and O–H groups in total. The van der Waals surface area contributed by atoms with Gasteiger partial charge in [-0.15, -0.1) is 0 Å². The van der Waals surface area contributed by atoms with Crippen LogP contribution in [0.25, 0.3) is 0 Å². The molecular weight excluding hydrogens is 182 g/mol. The maximum absolute atomic E-state index is 11.1. The van der Waals surface area contributed by atoms with E-state index in [0.717, 1.165) is 19.4 Å². The third kappa shape index (κ3) is 4.58. The summed E-state index contributed by atoms with van der Waals surface area (Å²) in [5.74, 6) is -0.145. The molecule has 1 aliphatic rings. The van der Waals surface area contributed by atoms with Crippen LogP contribution in [-0.4, -0.2) is 38.9 Å². The number of nitrogens with one attached hydrogen (secondary N) is 1. The average Bonchev–Trinajstić information content (AvgIpc) is 2.25. The summed E-state index contributed by atoms with van der Waals surface area (Å²) < 4.78 is 10.5. The minimum Gasteiger partial charge on any atom is -0.463 e.